The highest BCUT2D eigenvalue weighted by Crippen LogP contribution is 2.41. The Morgan fingerprint density at radius 1 is 1.24 bits per heavy atom. The van der Waals surface area contributed by atoms with Crippen molar-refractivity contribution in [2.24, 2.45) is 5.92 Å². The number of rotatable bonds is 2. The molecule has 0 aromatic heterocycles. The van der Waals surface area contributed by atoms with E-state index in [9.17, 15) is 13.6 Å². The van der Waals surface area contributed by atoms with Crippen molar-refractivity contribution in [2.75, 3.05) is 13.1 Å². The van der Waals surface area contributed by atoms with Gasteiger partial charge in [0.2, 0.25) is 0 Å². The lowest BCUT2D eigenvalue weighted by Crippen LogP contribution is -2.56. The molecular formula is C15H18F2INO2. The van der Waals surface area contributed by atoms with Crippen LogP contribution in [0.15, 0.2) is 24.3 Å². The number of halogens is 3. The number of hydrogen-bond acceptors (Lipinski definition) is 2. The molecule has 0 aliphatic carbocycles. The number of carbonyl (C=O) groups excluding carboxylic acids is 1. The molecule has 1 amide bonds. The van der Waals surface area contributed by atoms with Crippen LogP contribution in [-0.2, 0) is 10.7 Å². The fourth-order valence-corrected chi connectivity index (χ4v) is 2.45. The van der Waals surface area contributed by atoms with Crippen LogP contribution in [0.1, 0.15) is 26.3 Å². The number of nitrogens with zero attached hydrogens (tertiary/aromatic N) is 1. The zero-order valence-corrected chi connectivity index (χ0v) is 14.4. The zero-order chi connectivity index (χ0) is 15.8. The van der Waals surface area contributed by atoms with Crippen LogP contribution in [0.3, 0.4) is 0 Å². The summed E-state index contributed by atoms with van der Waals surface area (Å²) in [6.07, 6.45) is -0.530. The Labute approximate surface area is 136 Å². The smallest absolute Gasteiger partial charge is 0.410 e. The summed E-state index contributed by atoms with van der Waals surface area (Å²) in [5.41, 5.74) is -0.613. The lowest BCUT2D eigenvalue weighted by atomic mass is 9.88. The minimum Gasteiger partial charge on any atom is -0.444 e. The SMILES string of the molecule is CC(C)(C)OC(=O)N1CC(C(F)(F)c2ccc(I)cc2)C1. The maximum Gasteiger partial charge on any atom is 0.410 e. The summed E-state index contributed by atoms with van der Waals surface area (Å²) in [6, 6.07) is 6.21. The second-order valence-electron chi connectivity index (χ2n) is 6.21. The predicted molar refractivity (Wildman–Crippen MR) is 84.4 cm³/mol. The van der Waals surface area contributed by atoms with Crippen molar-refractivity contribution in [3.05, 3.63) is 33.4 Å². The van der Waals surface area contributed by atoms with Gasteiger partial charge in [-0.3, -0.25) is 0 Å². The van der Waals surface area contributed by atoms with Gasteiger partial charge in [0.05, 0.1) is 5.92 Å². The first-order chi connectivity index (χ1) is 9.59. The standard InChI is InChI=1S/C15H18F2INO2/c1-14(2,3)21-13(20)19-8-11(9-19)15(16,17)10-4-6-12(18)7-5-10/h4-7,11H,8-9H2,1-3H3. The van der Waals surface area contributed by atoms with Gasteiger partial charge >= 0.3 is 6.09 Å². The molecule has 21 heavy (non-hydrogen) atoms. The van der Waals surface area contributed by atoms with Crippen LogP contribution in [-0.4, -0.2) is 29.7 Å². The van der Waals surface area contributed by atoms with Gasteiger partial charge in [0.25, 0.3) is 5.92 Å². The van der Waals surface area contributed by atoms with E-state index in [0.29, 0.717) is 0 Å². The molecule has 1 aromatic rings. The minimum atomic E-state index is -2.93. The Morgan fingerprint density at radius 2 is 1.76 bits per heavy atom. The normalized spacial score (nSPS) is 16.6. The fraction of sp³-hybridized carbons (Fsp3) is 0.533. The maximum absolute atomic E-state index is 14.3. The lowest BCUT2D eigenvalue weighted by molar-refractivity contribution is -0.121. The Hall–Kier alpha value is -0.920. The highest BCUT2D eigenvalue weighted by Gasteiger charge is 2.49. The molecule has 0 unspecified atom stereocenters. The summed E-state index contributed by atoms with van der Waals surface area (Å²) in [5.74, 6) is -3.78. The Morgan fingerprint density at radius 3 is 2.24 bits per heavy atom. The Kier molecular flexibility index (Phi) is 4.46. The van der Waals surface area contributed by atoms with Gasteiger partial charge in [-0.05, 0) is 55.5 Å². The van der Waals surface area contributed by atoms with Gasteiger partial charge in [-0.1, -0.05) is 12.1 Å². The largest absolute Gasteiger partial charge is 0.444 e. The molecule has 1 aliphatic heterocycles. The molecule has 1 saturated heterocycles. The summed E-state index contributed by atoms with van der Waals surface area (Å²) in [4.78, 5) is 13.1. The van der Waals surface area contributed by atoms with Crippen LogP contribution in [0.4, 0.5) is 13.6 Å². The first-order valence-corrected chi connectivity index (χ1v) is 7.79. The van der Waals surface area contributed by atoms with E-state index in [1.54, 1.807) is 32.9 Å². The predicted octanol–water partition coefficient (Wildman–Crippen LogP) is 4.25. The van der Waals surface area contributed by atoms with Crippen LogP contribution in [0.2, 0.25) is 0 Å². The van der Waals surface area contributed by atoms with E-state index >= 15 is 0 Å². The van der Waals surface area contributed by atoms with E-state index in [1.807, 2.05) is 0 Å². The van der Waals surface area contributed by atoms with Crippen LogP contribution in [0, 0.1) is 9.49 Å². The van der Waals surface area contributed by atoms with Gasteiger partial charge in [0.15, 0.2) is 0 Å². The monoisotopic (exact) mass is 409 g/mol. The average molecular weight is 409 g/mol. The highest BCUT2D eigenvalue weighted by atomic mass is 127. The van der Waals surface area contributed by atoms with E-state index < -0.39 is 23.5 Å². The molecular weight excluding hydrogens is 391 g/mol. The summed E-state index contributed by atoms with van der Waals surface area (Å²) in [6.45, 7) is 5.30. The second kappa shape index (κ2) is 5.70. The van der Waals surface area contributed by atoms with Crippen molar-refractivity contribution in [3.8, 4) is 0 Å². The third-order valence-electron chi connectivity index (χ3n) is 3.28. The molecule has 6 heteroatoms. The van der Waals surface area contributed by atoms with Gasteiger partial charge in [-0.15, -0.1) is 0 Å². The number of ether oxygens (including phenoxy) is 1. The van der Waals surface area contributed by atoms with Crippen molar-refractivity contribution < 1.29 is 18.3 Å². The quantitative estimate of drug-likeness (QED) is 0.684. The van der Waals surface area contributed by atoms with Crippen LogP contribution in [0.25, 0.3) is 0 Å². The molecule has 1 heterocycles. The van der Waals surface area contributed by atoms with Crippen molar-refractivity contribution in [2.45, 2.75) is 32.3 Å². The third kappa shape index (κ3) is 3.84. The molecule has 116 valence electrons. The molecule has 0 bridgehead atoms. The fourth-order valence-electron chi connectivity index (χ4n) is 2.09. The number of benzene rings is 1. The number of hydrogen-bond donors (Lipinski definition) is 0. The zero-order valence-electron chi connectivity index (χ0n) is 12.2. The van der Waals surface area contributed by atoms with Crippen molar-refractivity contribution in [1.29, 1.82) is 0 Å². The molecule has 0 N–H and O–H groups in total. The molecule has 3 nitrogen and oxygen atoms in total. The average Bonchev–Trinajstić information content (AvgIpc) is 2.24. The van der Waals surface area contributed by atoms with Crippen molar-refractivity contribution >= 4 is 28.7 Å². The van der Waals surface area contributed by atoms with Crippen LogP contribution >= 0.6 is 22.6 Å². The van der Waals surface area contributed by atoms with Gasteiger partial charge in [0, 0.05) is 22.2 Å². The number of likely N-dealkylation sites (tertiary alicyclic amines) is 1. The van der Waals surface area contributed by atoms with Gasteiger partial charge in [0.1, 0.15) is 5.60 Å². The molecule has 0 spiro atoms. The van der Waals surface area contributed by atoms with Gasteiger partial charge < -0.3 is 9.64 Å². The van der Waals surface area contributed by atoms with Crippen molar-refractivity contribution in [3.63, 3.8) is 0 Å². The molecule has 0 radical (unpaired) electrons. The highest BCUT2D eigenvalue weighted by molar-refractivity contribution is 14.1. The second-order valence-corrected chi connectivity index (χ2v) is 7.46. The van der Waals surface area contributed by atoms with E-state index in [1.165, 1.54) is 17.0 Å². The van der Waals surface area contributed by atoms with E-state index in [2.05, 4.69) is 22.6 Å². The first-order valence-electron chi connectivity index (χ1n) is 6.71. The van der Waals surface area contributed by atoms with E-state index in [-0.39, 0.29) is 18.7 Å². The lowest BCUT2D eigenvalue weighted by Gasteiger charge is -2.43. The topological polar surface area (TPSA) is 29.5 Å². The summed E-state index contributed by atoms with van der Waals surface area (Å²) in [5, 5.41) is 0. The molecule has 1 aromatic carbocycles. The molecule has 1 fully saturated rings. The summed E-state index contributed by atoms with van der Waals surface area (Å²) >= 11 is 2.08. The summed E-state index contributed by atoms with van der Waals surface area (Å²) in [7, 11) is 0. The molecule has 0 saturated carbocycles. The van der Waals surface area contributed by atoms with Crippen molar-refractivity contribution in [1.82, 2.24) is 4.90 Å². The van der Waals surface area contributed by atoms with E-state index in [0.717, 1.165) is 3.57 Å². The maximum atomic E-state index is 14.3. The van der Waals surface area contributed by atoms with Crippen LogP contribution < -0.4 is 0 Å². The van der Waals surface area contributed by atoms with Crippen LogP contribution in [0.5, 0.6) is 0 Å². The van der Waals surface area contributed by atoms with E-state index in [4.69, 9.17) is 4.74 Å². The number of carbonyl (C=O) groups is 1. The number of alkyl halides is 2. The number of amides is 1. The minimum absolute atomic E-state index is 0.00300. The van der Waals surface area contributed by atoms with Gasteiger partial charge in [-0.25, -0.2) is 13.6 Å². The first kappa shape index (κ1) is 16.5. The Balaban J connectivity index is 1.97. The van der Waals surface area contributed by atoms with Gasteiger partial charge in [-0.2, -0.15) is 0 Å². The molecule has 0 atom stereocenters. The Bertz CT molecular complexity index is 519. The molecule has 2 rings (SSSR count). The molecule has 1 aliphatic rings. The summed E-state index contributed by atoms with van der Waals surface area (Å²) < 4.78 is 34.7. The third-order valence-corrected chi connectivity index (χ3v) is 3.99.